The van der Waals surface area contributed by atoms with Crippen molar-refractivity contribution in [2.75, 3.05) is 41.9 Å². The third kappa shape index (κ3) is 6.80. The number of carbonyl (C=O) groups excluding carboxylic acids is 2. The summed E-state index contributed by atoms with van der Waals surface area (Å²) in [4.78, 5) is 40.7. The average Bonchev–Trinajstić information content (AvgIpc) is 3.67. The highest BCUT2D eigenvalue weighted by Gasteiger charge is 2.14. The van der Waals surface area contributed by atoms with Gasteiger partial charge in [-0.15, -0.1) is 0 Å². The van der Waals surface area contributed by atoms with Gasteiger partial charge in [0.05, 0.1) is 23.8 Å². The Morgan fingerprint density at radius 1 is 0.932 bits per heavy atom. The summed E-state index contributed by atoms with van der Waals surface area (Å²) >= 11 is 0. The molecule has 2 amide bonds. The van der Waals surface area contributed by atoms with Gasteiger partial charge in [0.15, 0.2) is 11.4 Å². The second kappa shape index (κ2) is 12.6. The molecule has 0 unspecified atom stereocenters. The second-order valence-corrected chi connectivity index (χ2v) is 10.4. The summed E-state index contributed by atoms with van der Waals surface area (Å²) in [7, 11) is 3.85. The lowest BCUT2D eigenvalue weighted by molar-refractivity contribution is -0.111. The van der Waals surface area contributed by atoms with Crippen molar-refractivity contribution in [2.24, 2.45) is 0 Å². The molecule has 6 rings (SSSR count). The predicted octanol–water partition coefficient (Wildman–Crippen LogP) is 5.98. The third-order valence-electron chi connectivity index (χ3n) is 6.71. The monoisotopic (exact) mass is 586 g/mol. The van der Waals surface area contributed by atoms with E-state index in [2.05, 4.69) is 48.4 Å². The summed E-state index contributed by atoms with van der Waals surface area (Å²) in [5.41, 5.74) is 6.38. The Kier molecular flexibility index (Phi) is 8.10. The lowest BCUT2D eigenvalue weighted by Gasteiger charge is -2.11. The lowest BCUT2D eigenvalue weighted by Crippen LogP contribution is -2.13. The van der Waals surface area contributed by atoms with Crippen LogP contribution in [-0.4, -0.2) is 52.3 Å². The minimum Gasteiger partial charge on any atom is -0.459 e. The first kappa shape index (κ1) is 28.3. The number of nitrogens with zero attached hydrogens (tertiary/aromatic N) is 4. The van der Waals surface area contributed by atoms with E-state index in [0.717, 1.165) is 23.4 Å². The Labute approximate surface area is 253 Å². The van der Waals surface area contributed by atoms with E-state index >= 15 is 0 Å². The molecule has 0 fully saturated rings. The molecule has 0 atom stereocenters. The van der Waals surface area contributed by atoms with E-state index in [1.165, 1.54) is 6.08 Å². The number of allylic oxidation sites excluding steroid dienone is 1. The zero-order valence-corrected chi connectivity index (χ0v) is 24.2. The number of pyridine rings is 1. The molecule has 11 nitrogen and oxygen atoms in total. The van der Waals surface area contributed by atoms with Gasteiger partial charge in [0.25, 0.3) is 5.91 Å². The number of hydrogen-bond acceptors (Lipinski definition) is 9. The quantitative estimate of drug-likeness (QED) is 0.146. The number of likely N-dealkylation sites (N-methyl/N-ethyl adjacent to an activating group) is 1. The van der Waals surface area contributed by atoms with E-state index in [9.17, 15) is 9.59 Å². The van der Waals surface area contributed by atoms with Crippen molar-refractivity contribution >= 4 is 63.5 Å². The molecule has 11 heteroatoms. The molecular formula is C33H30N8O3. The summed E-state index contributed by atoms with van der Waals surface area (Å²) in [6, 6.07) is 17.7. The van der Waals surface area contributed by atoms with Gasteiger partial charge < -0.3 is 30.6 Å². The van der Waals surface area contributed by atoms with E-state index in [4.69, 9.17) is 4.42 Å². The number of nitrogens with one attached hydrogen (secondary N) is 4. The molecule has 0 spiro atoms. The van der Waals surface area contributed by atoms with Gasteiger partial charge in [-0.3, -0.25) is 14.6 Å². The molecule has 44 heavy (non-hydrogen) atoms. The van der Waals surface area contributed by atoms with Crippen molar-refractivity contribution in [3.63, 3.8) is 0 Å². The molecule has 0 saturated carbocycles. The number of furan rings is 1. The average molecular weight is 587 g/mol. The van der Waals surface area contributed by atoms with E-state index in [1.807, 2.05) is 37.2 Å². The van der Waals surface area contributed by atoms with Crippen molar-refractivity contribution in [2.45, 2.75) is 6.42 Å². The smallest absolute Gasteiger partial charge is 0.255 e. The van der Waals surface area contributed by atoms with Gasteiger partial charge in [-0.1, -0.05) is 24.3 Å². The maximum Gasteiger partial charge on any atom is 0.255 e. The van der Waals surface area contributed by atoms with Gasteiger partial charge in [0.1, 0.15) is 5.52 Å². The Hall–Kier alpha value is -5.81. The van der Waals surface area contributed by atoms with Crippen molar-refractivity contribution in [3.05, 3.63) is 108 Å². The molecule has 0 aliphatic heterocycles. The topological polar surface area (TPSA) is 137 Å². The standard InChI is InChI=1S/C33H30N8O3/c1-41(2)16-5-10-29(42)35-23-13-11-21(12-14-23)32(43)37-24-7-4-8-25(19-24)38-33-39-28-15-17-44-30(28)31(40-33)36-26-18-22-6-3-9-27(22)34-20-26/h3-8,10-15,17-20H,9,16H2,1-2H3,(H,35,42)(H,37,43)(H2,36,38,39,40)/b10-5+. The van der Waals surface area contributed by atoms with Crippen LogP contribution in [0.4, 0.5) is 34.5 Å². The summed E-state index contributed by atoms with van der Waals surface area (Å²) in [6.07, 6.45) is 11.6. The number of anilines is 6. The maximum absolute atomic E-state index is 12.9. The first-order valence-corrected chi connectivity index (χ1v) is 14.0. The van der Waals surface area contributed by atoms with Crippen LogP contribution in [-0.2, 0) is 11.2 Å². The zero-order valence-electron chi connectivity index (χ0n) is 24.2. The summed E-state index contributed by atoms with van der Waals surface area (Å²) in [5.74, 6) is 0.337. The SMILES string of the molecule is CN(C)C/C=C/C(=O)Nc1ccc(C(=O)Nc2cccc(Nc3nc(Nc4cnc5c(c4)C=CC5)c4occc4n3)c2)cc1. The van der Waals surface area contributed by atoms with E-state index < -0.39 is 0 Å². The molecule has 3 heterocycles. The van der Waals surface area contributed by atoms with Crippen LogP contribution in [0.1, 0.15) is 21.6 Å². The number of rotatable bonds is 10. The van der Waals surface area contributed by atoms with Crippen LogP contribution in [0.2, 0.25) is 0 Å². The van der Waals surface area contributed by atoms with Crippen LogP contribution >= 0.6 is 0 Å². The molecule has 1 aliphatic carbocycles. The molecule has 220 valence electrons. The number of fused-ring (bicyclic) bond motifs is 2. The fourth-order valence-electron chi connectivity index (χ4n) is 4.60. The predicted molar refractivity (Wildman–Crippen MR) is 173 cm³/mol. The van der Waals surface area contributed by atoms with Crippen LogP contribution in [0.15, 0.2) is 95.8 Å². The Balaban J connectivity index is 1.12. The largest absolute Gasteiger partial charge is 0.459 e. The van der Waals surface area contributed by atoms with E-state index in [1.54, 1.807) is 61.0 Å². The van der Waals surface area contributed by atoms with E-state index in [-0.39, 0.29) is 11.8 Å². The van der Waals surface area contributed by atoms with Crippen LogP contribution in [0.3, 0.4) is 0 Å². The highest BCUT2D eigenvalue weighted by Crippen LogP contribution is 2.29. The lowest BCUT2D eigenvalue weighted by atomic mass is 10.2. The van der Waals surface area contributed by atoms with Gasteiger partial charge >= 0.3 is 0 Å². The molecule has 0 bridgehead atoms. The first-order chi connectivity index (χ1) is 21.4. The Morgan fingerprint density at radius 2 is 1.77 bits per heavy atom. The fourth-order valence-corrected chi connectivity index (χ4v) is 4.60. The highest BCUT2D eigenvalue weighted by atomic mass is 16.3. The van der Waals surface area contributed by atoms with Gasteiger partial charge in [-0.25, -0.2) is 4.98 Å². The number of aromatic nitrogens is 3. The first-order valence-electron chi connectivity index (χ1n) is 14.0. The highest BCUT2D eigenvalue weighted by molar-refractivity contribution is 6.05. The molecule has 1 aliphatic rings. The minimum atomic E-state index is -0.286. The maximum atomic E-state index is 12.9. The molecule has 2 aromatic carbocycles. The third-order valence-corrected chi connectivity index (χ3v) is 6.71. The number of hydrogen-bond donors (Lipinski definition) is 4. The van der Waals surface area contributed by atoms with Gasteiger partial charge in [-0.2, -0.15) is 4.98 Å². The normalized spacial score (nSPS) is 12.1. The molecule has 3 aromatic heterocycles. The van der Waals surface area contributed by atoms with Gasteiger partial charge in [0.2, 0.25) is 11.9 Å². The zero-order chi connectivity index (χ0) is 30.5. The summed E-state index contributed by atoms with van der Waals surface area (Å²) < 4.78 is 5.65. The minimum absolute atomic E-state index is 0.232. The molecule has 4 N–H and O–H groups in total. The second-order valence-electron chi connectivity index (χ2n) is 10.4. The Bertz CT molecular complexity index is 1890. The van der Waals surface area contributed by atoms with Crippen molar-refractivity contribution in [3.8, 4) is 0 Å². The Morgan fingerprint density at radius 3 is 2.61 bits per heavy atom. The van der Waals surface area contributed by atoms with Crippen LogP contribution < -0.4 is 21.3 Å². The van der Waals surface area contributed by atoms with Crippen LogP contribution in [0, 0.1) is 0 Å². The van der Waals surface area contributed by atoms with E-state index in [0.29, 0.717) is 52.0 Å². The number of carbonyl (C=O) groups is 2. The molecule has 0 saturated heterocycles. The van der Waals surface area contributed by atoms with Crippen LogP contribution in [0.25, 0.3) is 17.2 Å². The molecular weight excluding hydrogens is 556 g/mol. The summed E-state index contributed by atoms with van der Waals surface area (Å²) in [6.45, 7) is 0.666. The van der Waals surface area contributed by atoms with Crippen molar-refractivity contribution < 1.29 is 14.0 Å². The molecule has 5 aromatic rings. The van der Waals surface area contributed by atoms with Crippen molar-refractivity contribution in [1.29, 1.82) is 0 Å². The number of benzene rings is 2. The fraction of sp³-hybridized carbons (Fsp3) is 0.121. The van der Waals surface area contributed by atoms with Crippen LogP contribution in [0.5, 0.6) is 0 Å². The number of amides is 2. The summed E-state index contributed by atoms with van der Waals surface area (Å²) in [5, 5.41) is 12.2. The van der Waals surface area contributed by atoms with Gasteiger partial charge in [-0.05, 0) is 68.2 Å². The van der Waals surface area contributed by atoms with Crippen molar-refractivity contribution in [1.82, 2.24) is 19.9 Å². The molecule has 0 radical (unpaired) electrons. The van der Waals surface area contributed by atoms with Gasteiger partial charge in [0, 0.05) is 47.7 Å².